The molecule has 1 aromatic heterocycles. The van der Waals surface area contributed by atoms with Crippen molar-refractivity contribution in [3.8, 4) is 11.1 Å². The molecule has 0 fully saturated rings. The van der Waals surface area contributed by atoms with Crippen LogP contribution in [0.5, 0.6) is 0 Å². The van der Waals surface area contributed by atoms with Gasteiger partial charge in [-0.3, -0.25) is 0 Å². The lowest BCUT2D eigenvalue weighted by molar-refractivity contribution is 1.47. The summed E-state index contributed by atoms with van der Waals surface area (Å²) in [6, 6.07) is 14.8. The van der Waals surface area contributed by atoms with Crippen molar-refractivity contribution in [1.29, 1.82) is 0 Å². The van der Waals surface area contributed by atoms with Crippen molar-refractivity contribution in [2.75, 3.05) is 5.73 Å². The van der Waals surface area contributed by atoms with Crippen molar-refractivity contribution in [2.24, 2.45) is 0 Å². The predicted octanol–water partition coefficient (Wildman–Crippen LogP) is 4.46. The number of rotatable bonds is 1. The second kappa shape index (κ2) is 3.90. The van der Waals surface area contributed by atoms with E-state index in [4.69, 9.17) is 5.73 Å². The molecule has 0 spiro atoms. The van der Waals surface area contributed by atoms with Crippen LogP contribution in [0.25, 0.3) is 21.2 Å². The van der Waals surface area contributed by atoms with Gasteiger partial charge in [-0.25, -0.2) is 0 Å². The Bertz CT molecular complexity index is 682. The van der Waals surface area contributed by atoms with Gasteiger partial charge < -0.3 is 5.73 Å². The molecule has 0 atom stereocenters. The third kappa shape index (κ3) is 1.71. The number of aryl methyl sites for hydroxylation is 1. The van der Waals surface area contributed by atoms with Gasteiger partial charge in [-0.1, -0.05) is 30.3 Å². The van der Waals surface area contributed by atoms with Crippen LogP contribution in [0.1, 0.15) is 5.56 Å². The fourth-order valence-corrected chi connectivity index (χ4v) is 2.96. The molecule has 3 aromatic rings. The second-order valence-corrected chi connectivity index (χ2v) is 5.13. The molecule has 1 heterocycles. The summed E-state index contributed by atoms with van der Waals surface area (Å²) in [5.41, 5.74) is 10.4. The van der Waals surface area contributed by atoms with Gasteiger partial charge >= 0.3 is 0 Å². The Hall–Kier alpha value is -1.80. The molecule has 0 unspecified atom stereocenters. The highest BCUT2D eigenvalue weighted by molar-refractivity contribution is 7.17. The molecule has 0 aliphatic rings. The molecular formula is C15H13NS. The van der Waals surface area contributed by atoms with Crippen LogP contribution in [0.2, 0.25) is 0 Å². The highest BCUT2D eigenvalue weighted by atomic mass is 32.1. The van der Waals surface area contributed by atoms with Gasteiger partial charge in [-0.2, -0.15) is 0 Å². The van der Waals surface area contributed by atoms with E-state index in [1.165, 1.54) is 21.2 Å². The lowest BCUT2D eigenvalue weighted by atomic mass is 10.0. The predicted molar refractivity (Wildman–Crippen MR) is 76.4 cm³/mol. The zero-order chi connectivity index (χ0) is 11.8. The largest absolute Gasteiger partial charge is 0.398 e. The van der Waals surface area contributed by atoms with Gasteiger partial charge in [-0.05, 0) is 46.5 Å². The fourth-order valence-electron chi connectivity index (χ4n) is 2.03. The highest BCUT2D eigenvalue weighted by Crippen LogP contribution is 2.33. The molecule has 0 bridgehead atoms. The molecular weight excluding hydrogens is 226 g/mol. The van der Waals surface area contributed by atoms with Gasteiger partial charge in [0, 0.05) is 10.4 Å². The van der Waals surface area contributed by atoms with Crippen molar-refractivity contribution in [2.45, 2.75) is 6.92 Å². The minimum atomic E-state index is 0.857. The zero-order valence-corrected chi connectivity index (χ0v) is 10.4. The first-order valence-electron chi connectivity index (χ1n) is 5.58. The van der Waals surface area contributed by atoms with E-state index in [1.807, 2.05) is 6.92 Å². The van der Waals surface area contributed by atoms with Crippen LogP contribution in [-0.2, 0) is 0 Å². The van der Waals surface area contributed by atoms with E-state index in [1.54, 1.807) is 11.3 Å². The van der Waals surface area contributed by atoms with Gasteiger partial charge in [0.1, 0.15) is 0 Å². The average molecular weight is 239 g/mol. The van der Waals surface area contributed by atoms with E-state index in [0.717, 1.165) is 11.3 Å². The van der Waals surface area contributed by atoms with Gasteiger partial charge in [-0.15, -0.1) is 11.3 Å². The number of anilines is 1. The smallest absolute Gasteiger partial charge is 0.0421 e. The van der Waals surface area contributed by atoms with Crippen molar-refractivity contribution in [3.05, 3.63) is 53.4 Å². The summed E-state index contributed by atoms with van der Waals surface area (Å²) in [6.45, 7) is 2.03. The van der Waals surface area contributed by atoms with Gasteiger partial charge in [0.25, 0.3) is 0 Å². The second-order valence-electron chi connectivity index (χ2n) is 4.22. The first-order valence-corrected chi connectivity index (χ1v) is 6.46. The molecule has 0 saturated heterocycles. The number of nitrogen functional groups attached to an aromatic ring is 1. The molecule has 0 saturated carbocycles. The van der Waals surface area contributed by atoms with Gasteiger partial charge in [0.2, 0.25) is 0 Å². The highest BCUT2D eigenvalue weighted by Gasteiger charge is 2.05. The molecule has 0 amide bonds. The molecule has 0 aliphatic heterocycles. The molecule has 0 aliphatic carbocycles. The monoisotopic (exact) mass is 239 g/mol. The Kier molecular flexibility index (Phi) is 2.37. The Morgan fingerprint density at radius 1 is 1.06 bits per heavy atom. The fraction of sp³-hybridized carbons (Fsp3) is 0.0667. The summed E-state index contributed by atoms with van der Waals surface area (Å²) >= 11 is 1.78. The van der Waals surface area contributed by atoms with Crippen LogP contribution in [-0.4, -0.2) is 0 Å². The summed E-state index contributed by atoms with van der Waals surface area (Å²) in [7, 11) is 0. The third-order valence-electron chi connectivity index (χ3n) is 3.07. The van der Waals surface area contributed by atoms with E-state index < -0.39 is 0 Å². The molecule has 84 valence electrons. The van der Waals surface area contributed by atoms with E-state index >= 15 is 0 Å². The first kappa shape index (κ1) is 10.4. The number of thiophene rings is 1. The Morgan fingerprint density at radius 3 is 2.76 bits per heavy atom. The Labute approximate surface area is 105 Å². The average Bonchev–Trinajstić information content (AvgIpc) is 2.80. The number of hydrogen-bond acceptors (Lipinski definition) is 2. The normalized spacial score (nSPS) is 10.9. The number of fused-ring (bicyclic) bond motifs is 1. The van der Waals surface area contributed by atoms with E-state index in [9.17, 15) is 0 Å². The maximum atomic E-state index is 5.98. The maximum absolute atomic E-state index is 5.98. The number of hydrogen-bond donors (Lipinski definition) is 1. The van der Waals surface area contributed by atoms with Crippen LogP contribution < -0.4 is 5.73 Å². The van der Waals surface area contributed by atoms with E-state index in [-0.39, 0.29) is 0 Å². The van der Waals surface area contributed by atoms with Crippen LogP contribution in [0.3, 0.4) is 0 Å². The lowest BCUT2D eigenvalue weighted by Crippen LogP contribution is -1.89. The summed E-state index contributed by atoms with van der Waals surface area (Å²) in [4.78, 5) is 0. The minimum absolute atomic E-state index is 0.857. The van der Waals surface area contributed by atoms with Crippen LogP contribution >= 0.6 is 11.3 Å². The SMILES string of the molecule is Cc1ccc(-c2cccc3ccsc23)cc1N. The number of benzene rings is 2. The lowest BCUT2D eigenvalue weighted by Gasteiger charge is -2.06. The number of nitrogens with two attached hydrogens (primary N) is 1. The van der Waals surface area contributed by atoms with Crippen LogP contribution in [0, 0.1) is 6.92 Å². The molecule has 2 heteroatoms. The maximum Gasteiger partial charge on any atom is 0.0421 e. The van der Waals surface area contributed by atoms with Gasteiger partial charge in [0.15, 0.2) is 0 Å². The molecule has 17 heavy (non-hydrogen) atoms. The molecule has 2 aromatic carbocycles. The summed E-state index contributed by atoms with van der Waals surface area (Å²) < 4.78 is 1.33. The Morgan fingerprint density at radius 2 is 1.94 bits per heavy atom. The van der Waals surface area contributed by atoms with Crippen molar-refractivity contribution in [3.63, 3.8) is 0 Å². The van der Waals surface area contributed by atoms with Crippen molar-refractivity contribution >= 4 is 27.1 Å². The minimum Gasteiger partial charge on any atom is -0.398 e. The van der Waals surface area contributed by atoms with Crippen LogP contribution in [0.4, 0.5) is 5.69 Å². The zero-order valence-electron chi connectivity index (χ0n) is 9.60. The molecule has 2 N–H and O–H groups in total. The summed E-state index contributed by atoms with van der Waals surface area (Å²) in [5, 5.41) is 3.43. The van der Waals surface area contributed by atoms with Crippen molar-refractivity contribution in [1.82, 2.24) is 0 Å². The Balaban J connectivity index is 2.26. The third-order valence-corrected chi connectivity index (χ3v) is 4.03. The quantitative estimate of drug-likeness (QED) is 0.623. The summed E-state index contributed by atoms with van der Waals surface area (Å²) in [6.07, 6.45) is 0. The van der Waals surface area contributed by atoms with Crippen molar-refractivity contribution < 1.29 is 0 Å². The van der Waals surface area contributed by atoms with E-state index in [2.05, 4.69) is 47.8 Å². The molecule has 0 radical (unpaired) electrons. The summed E-state index contributed by atoms with van der Waals surface area (Å²) in [5.74, 6) is 0. The topological polar surface area (TPSA) is 26.0 Å². The van der Waals surface area contributed by atoms with E-state index in [0.29, 0.717) is 0 Å². The van der Waals surface area contributed by atoms with Crippen LogP contribution in [0.15, 0.2) is 47.8 Å². The standard InChI is InChI=1S/C15H13NS/c1-10-5-6-12(9-14(10)16)13-4-2-3-11-7-8-17-15(11)13/h2-9H,16H2,1H3. The molecule has 1 nitrogen and oxygen atoms in total. The first-order chi connectivity index (χ1) is 8.25. The van der Waals surface area contributed by atoms with Gasteiger partial charge in [0.05, 0.1) is 0 Å². The molecule has 3 rings (SSSR count).